The van der Waals surface area contributed by atoms with Crippen LogP contribution in [0.1, 0.15) is 19.4 Å². The number of hydrogen-bond acceptors (Lipinski definition) is 3. The lowest BCUT2D eigenvalue weighted by Crippen LogP contribution is -2.36. The first-order valence-electron chi connectivity index (χ1n) is 5.46. The molecule has 1 N–H and O–H groups in total. The van der Waals surface area contributed by atoms with Gasteiger partial charge >= 0.3 is 0 Å². The second-order valence-electron chi connectivity index (χ2n) is 4.17. The fraction of sp³-hybridized carbons (Fsp3) is 0.462. The van der Waals surface area contributed by atoms with Crippen LogP contribution in [0.3, 0.4) is 0 Å². The number of carbonyl (C=O) groups is 1. The van der Waals surface area contributed by atoms with Crippen molar-refractivity contribution < 1.29 is 14.6 Å². The topological polar surface area (TPSA) is 46.5 Å². The zero-order chi connectivity index (χ0) is 12.9. The quantitative estimate of drug-likeness (QED) is 0.820. The molecule has 4 heteroatoms. The molecule has 0 bridgehead atoms. The van der Waals surface area contributed by atoms with Crippen molar-refractivity contribution in [1.82, 2.24) is 0 Å². The van der Waals surface area contributed by atoms with Gasteiger partial charge in [-0.15, -0.1) is 0 Å². The first-order valence-corrected chi connectivity index (χ1v) is 6.25. The molecule has 1 unspecified atom stereocenters. The maximum atomic E-state index is 11.8. The van der Waals surface area contributed by atoms with Gasteiger partial charge in [-0.25, -0.2) is 0 Å². The molecule has 94 valence electrons. The number of benzene rings is 1. The van der Waals surface area contributed by atoms with E-state index < -0.39 is 5.41 Å². The molecule has 0 heterocycles. The standard InChI is InChI=1S/C13H17BrO3/c1-10(16)13(2,9-17-7-6-15)11-4-3-5-12(14)8-11/h3-5,8,15H,6-7,9H2,1-2H3. The Hall–Kier alpha value is -0.710. The number of hydrogen-bond donors (Lipinski definition) is 1. The van der Waals surface area contributed by atoms with Crippen LogP contribution in [0.5, 0.6) is 0 Å². The predicted octanol–water partition coefficient (Wildman–Crippen LogP) is 2.30. The van der Waals surface area contributed by atoms with Crippen LogP contribution in [0.25, 0.3) is 0 Å². The van der Waals surface area contributed by atoms with Crippen molar-refractivity contribution in [2.24, 2.45) is 0 Å². The van der Waals surface area contributed by atoms with Crippen LogP contribution in [0.4, 0.5) is 0 Å². The van der Waals surface area contributed by atoms with Gasteiger partial charge in [0.2, 0.25) is 0 Å². The number of halogens is 1. The summed E-state index contributed by atoms with van der Waals surface area (Å²) in [6, 6.07) is 7.64. The predicted molar refractivity (Wildman–Crippen MR) is 70.1 cm³/mol. The molecule has 0 saturated carbocycles. The van der Waals surface area contributed by atoms with Gasteiger partial charge in [-0.2, -0.15) is 0 Å². The first kappa shape index (κ1) is 14.4. The third-order valence-electron chi connectivity index (χ3n) is 2.87. The van der Waals surface area contributed by atoms with E-state index in [1.165, 1.54) is 0 Å². The Bertz CT molecular complexity index is 392. The largest absolute Gasteiger partial charge is 0.394 e. The van der Waals surface area contributed by atoms with Crippen molar-refractivity contribution in [2.75, 3.05) is 19.8 Å². The molecule has 0 saturated heterocycles. The molecule has 1 aromatic carbocycles. The molecule has 0 fully saturated rings. The normalized spacial score (nSPS) is 14.4. The van der Waals surface area contributed by atoms with E-state index in [0.717, 1.165) is 10.0 Å². The van der Waals surface area contributed by atoms with Crippen LogP contribution in [-0.4, -0.2) is 30.7 Å². The van der Waals surface area contributed by atoms with Crippen molar-refractivity contribution in [3.05, 3.63) is 34.3 Å². The summed E-state index contributed by atoms with van der Waals surface area (Å²) in [5.41, 5.74) is 0.246. The first-order chi connectivity index (χ1) is 8.00. The van der Waals surface area contributed by atoms with E-state index in [1.807, 2.05) is 31.2 Å². The zero-order valence-electron chi connectivity index (χ0n) is 10.1. The maximum Gasteiger partial charge on any atom is 0.142 e. The van der Waals surface area contributed by atoms with E-state index >= 15 is 0 Å². The van der Waals surface area contributed by atoms with Gasteiger partial charge in [0.15, 0.2) is 0 Å². The number of rotatable bonds is 6. The van der Waals surface area contributed by atoms with Gasteiger partial charge in [-0.05, 0) is 31.5 Å². The number of Topliss-reactive ketones (excluding diaryl/α,β-unsaturated/α-hetero) is 1. The van der Waals surface area contributed by atoms with E-state index in [-0.39, 0.29) is 25.6 Å². The van der Waals surface area contributed by atoms with Crippen molar-refractivity contribution in [3.8, 4) is 0 Å². The van der Waals surface area contributed by atoms with E-state index in [4.69, 9.17) is 9.84 Å². The summed E-state index contributed by atoms with van der Waals surface area (Å²) in [4.78, 5) is 11.8. The average Bonchev–Trinajstić information content (AvgIpc) is 2.29. The summed E-state index contributed by atoms with van der Waals surface area (Å²) in [5.74, 6) is 0.0496. The molecule has 0 aliphatic heterocycles. The molecule has 0 amide bonds. The van der Waals surface area contributed by atoms with Crippen LogP contribution >= 0.6 is 15.9 Å². The Balaban J connectivity index is 2.95. The highest BCUT2D eigenvalue weighted by molar-refractivity contribution is 9.10. The van der Waals surface area contributed by atoms with Crippen molar-refractivity contribution >= 4 is 21.7 Å². The Kier molecular flexibility index (Phi) is 5.31. The molecule has 1 rings (SSSR count). The summed E-state index contributed by atoms with van der Waals surface area (Å²) < 4.78 is 6.25. The van der Waals surface area contributed by atoms with E-state index in [2.05, 4.69) is 15.9 Å². The van der Waals surface area contributed by atoms with Crippen molar-refractivity contribution in [3.63, 3.8) is 0 Å². The molecular weight excluding hydrogens is 284 g/mol. The third-order valence-corrected chi connectivity index (χ3v) is 3.36. The van der Waals surface area contributed by atoms with Gasteiger partial charge in [0, 0.05) is 4.47 Å². The van der Waals surface area contributed by atoms with Gasteiger partial charge in [-0.3, -0.25) is 4.79 Å². The van der Waals surface area contributed by atoms with Crippen LogP contribution < -0.4 is 0 Å². The molecule has 0 spiro atoms. The average molecular weight is 301 g/mol. The van der Waals surface area contributed by atoms with Gasteiger partial charge in [0.25, 0.3) is 0 Å². The van der Waals surface area contributed by atoms with Gasteiger partial charge in [-0.1, -0.05) is 28.1 Å². The zero-order valence-corrected chi connectivity index (χ0v) is 11.7. The molecule has 1 aromatic rings. The molecule has 17 heavy (non-hydrogen) atoms. The maximum absolute atomic E-state index is 11.8. The number of ether oxygens (including phenoxy) is 1. The second kappa shape index (κ2) is 6.28. The monoisotopic (exact) mass is 300 g/mol. The van der Waals surface area contributed by atoms with E-state index in [1.54, 1.807) is 6.92 Å². The highest BCUT2D eigenvalue weighted by atomic mass is 79.9. The van der Waals surface area contributed by atoms with Crippen molar-refractivity contribution in [1.29, 1.82) is 0 Å². The molecule has 1 atom stereocenters. The second-order valence-corrected chi connectivity index (χ2v) is 5.09. The van der Waals surface area contributed by atoms with Crippen LogP contribution in [0.2, 0.25) is 0 Å². The lowest BCUT2D eigenvalue weighted by atomic mass is 9.80. The minimum atomic E-state index is -0.668. The minimum absolute atomic E-state index is 0.0352. The summed E-state index contributed by atoms with van der Waals surface area (Å²) in [6.07, 6.45) is 0. The molecular formula is C13H17BrO3. The Morgan fingerprint density at radius 1 is 1.53 bits per heavy atom. The number of ketones is 1. The molecule has 0 aliphatic rings. The molecule has 0 aromatic heterocycles. The molecule has 0 aliphatic carbocycles. The highest BCUT2D eigenvalue weighted by Crippen LogP contribution is 2.27. The van der Waals surface area contributed by atoms with Crippen LogP contribution in [0.15, 0.2) is 28.7 Å². The van der Waals surface area contributed by atoms with Gasteiger partial charge in [0.05, 0.1) is 25.2 Å². The fourth-order valence-electron chi connectivity index (χ4n) is 1.56. The Morgan fingerprint density at radius 3 is 2.76 bits per heavy atom. The number of aliphatic hydroxyl groups excluding tert-OH is 1. The van der Waals surface area contributed by atoms with Gasteiger partial charge in [0.1, 0.15) is 5.78 Å². The Labute approximate surface area is 110 Å². The van der Waals surface area contributed by atoms with Crippen molar-refractivity contribution in [2.45, 2.75) is 19.3 Å². The Morgan fingerprint density at radius 2 is 2.24 bits per heavy atom. The lowest BCUT2D eigenvalue weighted by molar-refractivity contribution is -0.124. The number of aliphatic hydroxyl groups is 1. The van der Waals surface area contributed by atoms with E-state index in [0.29, 0.717) is 0 Å². The minimum Gasteiger partial charge on any atom is -0.394 e. The smallest absolute Gasteiger partial charge is 0.142 e. The highest BCUT2D eigenvalue weighted by Gasteiger charge is 2.32. The fourth-order valence-corrected chi connectivity index (χ4v) is 1.96. The SMILES string of the molecule is CC(=O)C(C)(COCCO)c1cccc(Br)c1. The summed E-state index contributed by atoms with van der Waals surface area (Å²) >= 11 is 3.39. The summed E-state index contributed by atoms with van der Waals surface area (Å²) in [5, 5.41) is 8.70. The summed E-state index contributed by atoms with van der Waals surface area (Å²) in [7, 11) is 0. The van der Waals surface area contributed by atoms with Gasteiger partial charge < -0.3 is 9.84 Å². The lowest BCUT2D eigenvalue weighted by Gasteiger charge is -2.27. The molecule has 0 radical (unpaired) electrons. The number of carbonyl (C=O) groups excluding carboxylic acids is 1. The molecule has 3 nitrogen and oxygen atoms in total. The van der Waals surface area contributed by atoms with E-state index in [9.17, 15) is 4.79 Å². The van der Waals surface area contributed by atoms with Crippen LogP contribution in [-0.2, 0) is 14.9 Å². The van der Waals surface area contributed by atoms with Crippen LogP contribution in [0, 0.1) is 0 Å². The summed E-state index contributed by atoms with van der Waals surface area (Å²) in [6.45, 7) is 3.90. The third kappa shape index (κ3) is 3.63.